The third kappa shape index (κ3) is 2.81. The summed E-state index contributed by atoms with van der Waals surface area (Å²) in [5.74, 6) is 0.0144. The molecule has 2 atom stereocenters. The molecule has 5 heteroatoms. The lowest BCUT2D eigenvalue weighted by molar-refractivity contribution is -0.129. The normalized spacial score (nSPS) is 25.3. The Hall–Kier alpha value is -0.910. The average molecular weight is 240 g/mol. The Morgan fingerprint density at radius 2 is 2.62 bits per heavy atom. The Balaban J connectivity index is 1.83. The molecule has 1 amide bonds. The van der Waals surface area contributed by atoms with Crippen molar-refractivity contribution in [2.24, 2.45) is 0 Å². The van der Waals surface area contributed by atoms with Gasteiger partial charge in [0.05, 0.1) is 19.3 Å². The second kappa shape index (κ2) is 5.43. The van der Waals surface area contributed by atoms with Crippen molar-refractivity contribution in [3.05, 3.63) is 22.4 Å². The van der Waals surface area contributed by atoms with Crippen LogP contribution in [0.2, 0.25) is 0 Å². The van der Waals surface area contributed by atoms with E-state index >= 15 is 0 Å². The van der Waals surface area contributed by atoms with Crippen LogP contribution < -0.4 is 10.6 Å². The van der Waals surface area contributed by atoms with Gasteiger partial charge in [0.15, 0.2) is 0 Å². The fourth-order valence-electron chi connectivity index (χ4n) is 1.72. The maximum atomic E-state index is 11.9. The van der Waals surface area contributed by atoms with Crippen LogP contribution >= 0.6 is 11.3 Å². The van der Waals surface area contributed by atoms with Gasteiger partial charge in [0.1, 0.15) is 6.04 Å². The molecular formula is C11H16N2O2S. The summed E-state index contributed by atoms with van der Waals surface area (Å²) in [6.07, 6.45) is -0.0583. The summed E-state index contributed by atoms with van der Waals surface area (Å²) in [5.41, 5.74) is 0. The van der Waals surface area contributed by atoms with E-state index in [2.05, 4.69) is 10.6 Å². The van der Waals surface area contributed by atoms with E-state index in [-0.39, 0.29) is 18.1 Å². The Bertz CT molecular complexity index is 340. The minimum Gasteiger partial charge on any atom is -0.375 e. The zero-order chi connectivity index (χ0) is 11.4. The molecule has 1 fully saturated rings. The number of morpholine rings is 1. The summed E-state index contributed by atoms with van der Waals surface area (Å²) in [6, 6.07) is 3.77. The lowest BCUT2D eigenvalue weighted by atomic mass is 10.1. The van der Waals surface area contributed by atoms with E-state index in [0.29, 0.717) is 13.2 Å². The van der Waals surface area contributed by atoms with Crippen molar-refractivity contribution in [1.82, 2.24) is 10.6 Å². The van der Waals surface area contributed by atoms with Gasteiger partial charge in [-0.25, -0.2) is 0 Å². The Morgan fingerprint density at radius 3 is 3.31 bits per heavy atom. The maximum absolute atomic E-state index is 11.9. The highest BCUT2D eigenvalue weighted by Crippen LogP contribution is 2.08. The number of carbonyl (C=O) groups excluding carboxylic acids is 1. The number of ether oxygens (including phenoxy) is 1. The standard InChI is InChI=1S/C11H16N2O2S/c1-8-10(12-4-5-15-8)11(14)13-7-9-3-2-6-16-9/h2-3,6,8,10,12H,4-5,7H2,1H3,(H,13,14)/t8-,10+/m1/s1. The molecule has 1 aliphatic heterocycles. The third-order valence-electron chi connectivity index (χ3n) is 2.62. The molecule has 4 nitrogen and oxygen atoms in total. The Kier molecular flexibility index (Phi) is 3.93. The second-order valence-corrected chi connectivity index (χ2v) is 4.84. The summed E-state index contributed by atoms with van der Waals surface area (Å²) in [6.45, 7) is 3.93. The van der Waals surface area contributed by atoms with Crippen molar-refractivity contribution >= 4 is 17.2 Å². The van der Waals surface area contributed by atoms with E-state index in [1.807, 2.05) is 24.4 Å². The molecule has 0 aliphatic carbocycles. The van der Waals surface area contributed by atoms with Gasteiger partial charge in [-0.3, -0.25) is 4.79 Å². The smallest absolute Gasteiger partial charge is 0.240 e. The topological polar surface area (TPSA) is 50.4 Å². The highest BCUT2D eigenvalue weighted by Gasteiger charge is 2.27. The second-order valence-electron chi connectivity index (χ2n) is 3.80. The van der Waals surface area contributed by atoms with Crippen molar-refractivity contribution in [2.75, 3.05) is 13.2 Å². The van der Waals surface area contributed by atoms with Gasteiger partial charge in [-0.05, 0) is 18.4 Å². The molecular weight excluding hydrogens is 224 g/mol. The van der Waals surface area contributed by atoms with Crippen molar-refractivity contribution in [3.63, 3.8) is 0 Å². The van der Waals surface area contributed by atoms with Crippen LogP contribution in [0.4, 0.5) is 0 Å². The first-order valence-corrected chi connectivity index (χ1v) is 6.30. The molecule has 2 N–H and O–H groups in total. The molecule has 1 aliphatic rings. The molecule has 0 unspecified atom stereocenters. The number of hydrogen-bond acceptors (Lipinski definition) is 4. The molecule has 0 radical (unpaired) electrons. The first kappa shape index (κ1) is 11.6. The number of amides is 1. The molecule has 0 bridgehead atoms. The monoisotopic (exact) mass is 240 g/mol. The minimum atomic E-state index is -0.228. The predicted molar refractivity (Wildman–Crippen MR) is 63.4 cm³/mol. The maximum Gasteiger partial charge on any atom is 0.240 e. The summed E-state index contributed by atoms with van der Waals surface area (Å²) in [7, 11) is 0. The van der Waals surface area contributed by atoms with Crippen molar-refractivity contribution in [1.29, 1.82) is 0 Å². The summed E-state index contributed by atoms with van der Waals surface area (Å²) < 4.78 is 5.43. The largest absolute Gasteiger partial charge is 0.375 e. The average Bonchev–Trinajstić information content (AvgIpc) is 2.79. The quantitative estimate of drug-likeness (QED) is 0.819. The van der Waals surface area contributed by atoms with E-state index < -0.39 is 0 Å². The van der Waals surface area contributed by atoms with E-state index in [9.17, 15) is 4.79 Å². The lowest BCUT2D eigenvalue weighted by Crippen LogP contribution is -2.55. The first-order chi connectivity index (χ1) is 7.77. The number of rotatable bonds is 3. The lowest BCUT2D eigenvalue weighted by Gasteiger charge is -2.29. The highest BCUT2D eigenvalue weighted by molar-refractivity contribution is 7.09. The van der Waals surface area contributed by atoms with Crippen molar-refractivity contribution in [2.45, 2.75) is 25.6 Å². The van der Waals surface area contributed by atoms with E-state index in [1.165, 1.54) is 0 Å². The molecule has 1 aromatic heterocycles. The van der Waals surface area contributed by atoms with Gasteiger partial charge in [0.2, 0.25) is 5.91 Å². The SMILES string of the molecule is C[C@H]1OCCN[C@@H]1C(=O)NCc1cccs1. The molecule has 0 aromatic carbocycles. The van der Waals surface area contributed by atoms with Gasteiger partial charge in [0.25, 0.3) is 0 Å². The molecule has 88 valence electrons. The Morgan fingerprint density at radius 1 is 1.75 bits per heavy atom. The first-order valence-electron chi connectivity index (χ1n) is 5.42. The van der Waals surface area contributed by atoms with Gasteiger partial charge in [-0.2, -0.15) is 0 Å². The predicted octanol–water partition coefficient (Wildman–Crippen LogP) is 0.741. The van der Waals surface area contributed by atoms with Crippen molar-refractivity contribution in [3.8, 4) is 0 Å². The summed E-state index contributed by atoms with van der Waals surface area (Å²) in [5, 5.41) is 8.09. The van der Waals surface area contributed by atoms with E-state index in [4.69, 9.17) is 4.74 Å². The molecule has 0 saturated carbocycles. The zero-order valence-electron chi connectivity index (χ0n) is 9.23. The summed E-state index contributed by atoms with van der Waals surface area (Å²) in [4.78, 5) is 13.0. The van der Waals surface area contributed by atoms with Gasteiger partial charge in [-0.15, -0.1) is 11.3 Å². The molecule has 0 spiro atoms. The minimum absolute atomic E-state index is 0.0144. The molecule has 2 heterocycles. The third-order valence-corrected chi connectivity index (χ3v) is 3.49. The number of hydrogen-bond donors (Lipinski definition) is 2. The van der Waals surface area contributed by atoms with Crippen LogP contribution in [-0.4, -0.2) is 31.2 Å². The van der Waals surface area contributed by atoms with Crippen LogP contribution in [0.3, 0.4) is 0 Å². The van der Waals surface area contributed by atoms with Gasteiger partial charge in [-0.1, -0.05) is 6.07 Å². The molecule has 2 rings (SSSR count). The van der Waals surface area contributed by atoms with Gasteiger partial charge >= 0.3 is 0 Å². The Labute approximate surface area is 99.0 Å². The fourth-order valence-corrected chi connectivity index (χ4v) is 2.37. The van der Waals surface area contributed by atoms with E-state index in [1.54, 1.807) is 11.3 Å². The molecule has 1 saturated heterocycles. The van der Waals surface area contributed by atoms with Crippen LogP contribution in [0.1, 0.15) is 11.8 Å². The van der Waals surface area contributed by atoms with Crippen LogP contribution in [0, 0.1) is 0 Å². The van der Waals surface area contributed by atoms with Crippen molar-refractivity contribution < 1.29 is 9.53 Å². The highest BCUT2D eigenvalue weighted by atomic mass is 32.1. The molecule has 16 heavy (non-hydrogen) atoms. The van der Waals surface area contributed by atoms with Crippen LogP contribution in [0.15, 0.2) is 17.5 Å². The fraction of sp³-hybridized carbons (Fsp3) is 0.545. The molecule has 1 aromatic rings. The number of carbonyl (C=O) groups is 1. The number of thiophene rings is 1. The van der Waals surface area contributed by atoms with Crippen LogP contribution in [-0.2, 0) is 16.1 Å². The van der Waals surface area contributed by atoms with Gasteiger partial charge < -0.3 is 15.4 Å². The zero-order valence-corrected chi connectivity index (χ0v) is 10.0. The van der Waals surface area contributed by atoms with Crippen LogP contribution in [0.25, 0.3) is 0 Å². The van der Waals surface area contributed by atoms with E-state index in [0.717, 1.165) is 11.4 Å². The summed E-state index contributed by atoms with van der Waals surface area (Å²) >= 11 is 1.65. The number of nitrogens with one attached hydrogen (secondary N) is 2. The van der Waals surface area contributed by atoms with Crippen LogP contribution in [0.5, 0.6) is 0 Å². The van der Waals surface area contributed by atoms with Gasteiger partial charge in [0, 0.05) is 11.4 Å².